The van der Waals surface area contributed by atoms with Gasteiger partial charge in [0.1, 0.15) is 12.2 Å². The summed E-state index contributed by atoms with van der Waals surface area (Å²) in [6, 6.07) is -0.976. The molecule has 0 aromatic heterocycles. The maximum absolute atomic E-state index is 12.4. The summed E-state index contributed by atoms with van der Waals surface area (Å²) in [5.74, 6) is -0.583. The van der Waals surface area contributed by atoms with Crippen LogP contribution in [0.2, 0.25) is 0 Å². The zero-order chi connectivity index (χ0) is 31.8. The highest BCUT2D eigenvalue weighted by Crippen LogP contribution is 2.16. The minimum absolute atomic E-state index is 0.375. The van der Waals surface area contributed by atoms with Crippen molar-refractivity contribution in [2.75, 3.05) is 6.61 Å². The lowest BCUT2D eigenvalue weighted by molar-refractivity contribution is -0.132. The van der Waals surface area contributed by atoms with Crippen molar-refractivity contribution in [2.24, 2.45) is 0 Å². The molecule has 0 saturated carbocycles. The van der Waals surface area contributed by atoms with Crippen LogP contribution in [0.25, 0.3) is 0 Å². The summed E-state index contributed by atoms with van der Waals surface area (Å²) in [4.78, 5) is 12.4. The Hall–Kier alpha value is -0.690. The first-order valence-corrected chi connectivity index (χ1v) is 18.9. The minimum Gasteiger partial charge on any atom is -0.394 e. The Bertz CT molecular complexity index is 575. The summed E-state index contributed by atoms with van der Waals surface area (Å²) in [7, 11) is 0. The molecule has 0 rings (SSSR count). The number of carbonyl (C=O) groups excluding carboxylic acids is 1. The molecule has 5 N–H and O–H groups in total. The lowest BCUT2D eigenvalue weighted by Gasteiger charge is -2.27. The summed E-state index contributed by atoms with van der Waals surface area (Å²) in [5, 5.41) is 43.4. The summed E-state index contributed by atoms with van der Waals surface area (Å²) in [6.45, 7) is 4.02. The van der Waals surface area contributed by atoms with Gasteiger partial charge in [-0.2, -0.15) is 0 Å². The van der Waals surface area contributed by atoms with E-state index in [1.807, 2.05) is 0 Å². The SMILES string of the molecule is CCCCCCCCCCCCCCCCCCCC(O)C(=O)NC(CO)C(O)C(O)CCCCCCCCCCCC. The number of aliphatic hydroxyl groups excluding tert-OH is 4. The lowest BCUT2D eigenvalue weighted by Crippen LogP contribution is -2.53. The second kappa shape index (κ2) is 32.7. The molecule has 6 nitrogen and oxygen atoms in total. The quantitative estimate of drug-likeness (QED) is 0.0466. The molecular formula is C37H75NO5. The van der Waals surface area contributed by atoms with E-state index >= 15 is 0 Å². The van der Waals surface area contributed by atoms with Crippen molar-refractivity contribution in [1.29, 1.82) is 0 Å². The number of hydrogen-bond acceptors (Lipinski definition) is 5. The number of amides is 1. The highest BCUT2D eigenvalue weighted by atomic mass is 16.3. The Kier molecular flexibility index (Phi) is 32.2. The Labute approximate surface area is 267 Å². The molecule has 43 heavy (non-hydrogen) atoms. The number of unbranched alkanes of at least 4 members (excludes halogenated alkanes) is 25. The van der Waals surface area contributed by atoms with E-state index in [1.54, 1.807) is 0 Å². The van der Waals surface area contributed by atoms with E-state index in [0.717, 1.165) is 38.5 Å². The van der Waals surface area contributed by atoms with Crippen LogP contribution >= 0.6 is 0 Å². The van der Waals surface area contributed by atoms with E-state index in [1.165, 1.54) is 135 Å². The highest BCUT2D eigenvalue weighted by Gasteiger charge is 2.28. The molecule has 6 heteroatoms. The molecule has 258 valence electrons. The standard InChI is InChI=1S/C37H75NO5/c1-3-5-7-9-11-13-15-16-17-18-19-20-21-23-25-27-29-31-35(41)37(43)38-33(32-39)36(42)34(40)30-28-26-24-22-14-12-10-8-6-4-2/h33-36,39-42H,3-32H2,1-2H3,(H,38,43). The van der Waals surface area contributed by atoms with Gasteiger partial charge < -0.3 is 25.7 Å². The average Bonchev–Trinajstić information content (AvgIpc) is 3.01. The average molecular weight is 614 g/mol. The lowest BCUT2D eigenvalue weighted by atomic mass is 9.99. The zero-order valence-corrected chi connectivity index (χ0v) is 28.7. The molecule has 4 atom stereocenters. The van der Waals surface area contributed by atoms with Gasteiger partial charge >= 0.3 is 0 Å². The monoisotopic (exact) mass is 614 g/mol. The predicted octanol–water partition coefficient (Wildman–Crippen LogP) is 8.90. The fourth-order valence-corrected chi connectivity index (χ4v) is 5.99. The fraction of sp³-hybridized carbons (Fsp3) is 0.973. The summed E-state index contributed by atoms with van der Waals surface area (Å²) in [6.07, 6.45) is 31.2. The first kappa shape index (κ1) is 42.3. The predicted molar refractivity (Wildman–Crippen MR) is 182 cm³/mol. The molecule has 0 radical (unpaired) electrons. The van der Waals surface area contributed by atoms with Gasteiger partial charge in [-0.05, 0) is 12.8 Å². The first-order valence-electron chi connectivity index (χ1n) is 18.9. The Balaban J connectivity index is 3.75. The van der Waals surface area contributed by atoms with Gasteiger partial charge in [-0.25, -0.2) is 0 Å². The van der Waals surface area contributed by atoms with Crippen LogP contribution in [0.3, 0.4) is 0 Å². The fourth-order valence-electron chi connectivity index (χ4n) is 5.99. The molecule has 0 bridgehead atoms. The van der Waals surface area contributed by atoms with Crippen molar-refractivity contribution in [3.05, 3.63) is 0 Å². The first-order chi connectivity index (χ1) is 21.0. The molecule has 4 unspecified atom stereocenters. The van der Waals surface area contributed by atoms with Crippen LogP contribution in [0.1, 0.15) is 200 Å². The van der Waals surface area contributed by atoms with Crippen LogP contribution in [-0.2, 0) is 4.79 Å². The molecule has 0 saturated heterocycles. The van der Waals surface area contributed by atoms with Gasteiger partial charge in [0.25, 0.3) is 0 Å². The zero-order valence-electron chi connectivity index (χ0n) is 28.7. The van der Waals surface area contributed by atoms with Crippen LogP contribution in [0.4, 0.5) is 0 Å². The summed E-state index contributed by atoms with van der Waals surface area (Å²) in [5.41, 5.74) is 0. The number of aliphatic hydroxyl groups is 4. The Morgan fingerprint density at radius 3 is 1.12 bits per heavy atom. The number of carbonyl (C=O) groups is 1. The van der Waals surface area contributed by atoms with Crippen LogP contribution < -0.4 is 5.32 Å². The van der Waals surface area contributed by atoms with E-state index in [9.17, 15) is 25.2 Å². The van der Waals surface area contributed by atoms with Gasteiger partial charge in [-0.1, -0.05) is 187 Å². The van der Waals surface area contributed by atoms with E-state index < -0.39 is 36.9 Å². The maximum atomic E-state index is 12.4. The smallest absolute Gasteiger partial charge is 0.249 e. The van der Waals surface area contributed by atoms with Gasteiger partial charge in [0.05, 0.1) is 18.8 Å². The van der Waals surface area contributed by atoms with E-state index in [2.05, 4.69) is 19.2 Å². The number of nitrogens with one attached hydrogen (secondary N) is 1. The maximum Gasteiger partial charge on any atom is 0.249 e. The third kappa shape index (κ3) is 27.4. The van der Waals surface area contributed by atoms with Gasteiger partial charge in [0.15, 0.2) is 0 Å². The van der Waals surface area contributed by atoms with Gasteiger partial charge in [-0.15, -0.1) is 0 Å². The van der Waals surface area contributed by atoms with Gasteiger partial charge in [0, 0.05) is 0 Å². The Morgan fingerprint density at radius 1 is 0.488 bits per heavy atom. The van der Waals surface area contributed by atoms with Crippen LogP contribution in [0.15, 0.2) is 0 Å². The largest absolute Gasteiger partial charge is 0.394 e. The third-order valence-corrected chi connectivity index (χ3v) is 9.07. The van der Waals surface area contributed by atoms with Crippen LogP contribution in [-0.4, -0.2) is 57.3 Å². The Morgan fingerprint density at radius 2 is 0.791 bits per heavy atom. The topological polar surface area (TPSA) is 110 Å². The van der Waals surface area contributed by atoms with Crippen molar-refractivity contribution in [1.82, 2.24) is 5.32 Å². The van der Waals surface area contributed by atoms with Crippen molar-refractivity contribution < 1.29 is 25.2 Å². The van der Waals surface area contributed by atoms with Gasteiger partial charge in [0.2, 0.25) is 5.91 Å². The number of hydrogen-bond donors (Lipinski definition) is 5. The van der Waals surface area contributed by atoms with Crippen molar-refractivity contribution in [3.8, 4) is 0 Å². The number of rotatable bonds is 34. The van der Waals surface area contributed by atoms with Crippen LogP contribution in [0.5, 0.6) is 0 Å². The normalized spacial score (nSPS) is 14.5. The van der Waals surface area contributed by atoms with Crippen molar-refractivity contribution in [2.45, 2.75) is 224 Å². The third-order valence-electron chi connectivity index (χ3n) is 9.07. The van der Waals surface area contributed by atoms with E-state index in [4.69, 9.17) is 0 Å². The molecule has 0 aromatic rings. The minimum atomic E-state index is -1.25. The highest BCUT2D eigenvalue weighted by molar-refractivity contribution is 5.80. The molecule has 0 aliphatic heterocycles. The van der Waals surface area contributed by atoms with E-state index in [-0.39, 0.29) is 0 Å². The van der Waals surface area contributed by atoms with Gasteiger partial charge in [-0.3, -0.25) is 4.79 Å². The second-order valence-electron chi connectivity index (χ2n) is 13.3. The van der Waals surface area contributed by atoms with E-state index in [0.29, 0.717) is 12.8 Å². The molecule has 0 heterocycles. The van der Waals surface area contributed by atoms with Crippen molar-refractivity contribution >= 4 is 5.91 Å². The molecule has 0 aromatic carbocycles. The molecule has 0 aliphatic rings. The molecule has 1 amide bonds. The van der Waals surface area contributed by atoms with Crippen molar-refractivity contribution in [3.63, 3.8) is 0 Å². The van der Waals surface area contributed by atoms with Crippen LogP contribution in [0, 0.1) is 0 Å². The molecule has 0 spiro atoms. The second-order valence-corrected chi connectivity index (χ2v) is 13.3. The summed E-state index contributed by atoms with van der Waals surface area (Å²) >= 11 is 0. The molecular weight excluding hydrogens is 538 g/mol. The molecule has 0 aliphatic carbocycles. The molecule has 0 fully saturated rings. The summed E-state index contributed by atoms with van der Waals surface area (Å²) < 4.78 is 0.